The van der Waals surface area contributed by atoms with Crippen molar-refractivity contribution in [2.24, 2.45) is 0 Å². The molecule has 0 spiro atoms. The average molecular weight is 1470 g/mol. The van der Waals surface area contributed by atoms with Gasteiger partial charge in [0, 0.05) is 189 Å². The zero-order valence-electron chi connectivity index (χ0n) is 2.69. The predicted molar refractivity (Wildman–Crippen MR) is 0 cm³/mol. The van der Waals surface area contributed by atoms with Gasteiger partial charge in [0.05, 0.1) is 0 Å². The summed E-state index contributed by atoms with van der Waals surface area (Å²) in [5.41, 5.74) is 0. The molecule has 0 fully saturated rings. The molecular weight excluding hydrogens is 1470 g/mol. The van der Waals surface area contributed by atoms with Crippen molar-refractivity contribution in [2.45, 2.75) is 0 Å². The van der Waals surface area contributed by atoms with Crippen molar-refractivity contribution < 1.29 is 189 Å². The molecule has 0 N–H and O–H groups in total. The molecular formula is Au7Y. The Balaban J connectivity index is 0. The predicted octanol–water partition coefficient (Wildman–Crippen LogP) is -0.0200. The Kier molecular flexibility index (Phi) is 405. The zero-order chi connectivity index (χ0) is 0. The van der Waals surface area contributed by atoms with Crippen molar-refractivity contribution >= 4 is 0 Å². The first-order chi connectivity index (χ1) is 0. The van der Waals surface area contributed by atoms with Gasteiger partial charge in [-0.25, -0.2) is 0 Å². The van der Waals surface area contributed by atoms with Crippen LogP contribution in [-0.2, 0) is 189 Å². The summed E-state index contributed by atoms with van der Waals surface area (Å²) in [4.78, 5) is 0. The summed E-state index contributed by atoms with van der Waals surface area (Å²) in [7, 11) is 0. The van der Waals surface area contributed by atoms with Gasteiger partial charge in [-0.1, -0.05) is 0 Å². The minimum Gasteiger partial charge on any atom is 0 e. The normalized spacial score (nSPS) is 0. The van der Waals surface area contributed by atoms with Gasteiger partial charge in [-0.15, -0.1) is 0 Å². The molecule has 0 aromatic heterocycles. The standard InChI is InChI=1S/7Au.Y. The van der Waals surface area contributed by atoms with Crippen LogP contribution in [0.15, 0.2) is 0 Å². The molecule has 0 rings (SSSR count). The van der Waals surface area contributed by atoms with Gasteiger partial charge < -0.3 is 0 Å². The van der Waals surface area contributed by atoms with E-state index in [2.05, 4.69) is 0 Å². The fourth-order valence-electron chi connectivity index (χ4n) is 0. The van der Waals surface area contributed by atoms with E-state index in [0.717, 1.165) is 0 Å². The first kappa shape index (κ1) is 63.8. The van der Waals surface area contributed by atoms with Crippen LogP contribution < -0.4 is 0 Å². The van der Waals surface area contributed by atoms with Gasteiger partial charge in [-0.05, 0) is 0 Å². The largest absolute Gasteiger partial charge is 0 e. The van der Waals surface area contributed by atoms with Crippen molar-refractivity contribution in [3.8, 4) is 0 Å². The smallest absolute Gasteiger partial charge is 0 e. The minimum absolute atomic E-state index is 0. The van der Waals surface area contributed by atoms with Gasteiger partial charge in [-0.3, -0.25) is 0 Å². The summed E-state index contributed by atoms with van der Waals surface area (Å²) < 4.78 is 0. The van der Waals surface area contributed by atoms with Gasteiger partial charge in [0.1, 0.15) is 0 Å². The second-order valence-corrected chi connectivity index (χ2v) is 0. The van der Waals surface area contributed by atoms with Crippen LogP contribution in [0.1, 0.15) is 0 Å². The third kappa shape index (κ3) is 39.6. The molecule has 0 aliphatic rings. The monoisotopic (exact) mass is 1470 g/mol. The van der Waals surface area contributed by atoms with Crippen LogP contribution in [0.5, 0.6) is 0 Å². The molecule has 0 unspecified atom stereocenters. The molecule has 0 aliphatic carbocycles. The van der Waals surface area contributed by atoms with Crippen molar-refractivity contribution in [1.82, 2.24) is 0 Å². The summed E-state index contributed by atoms with van der Waals surface area (Å²) in [5, 5.41) is 0. The van der Waals surface area contributed by atoms with Gasteiger partial charge in [0.2, 0.25) is 0 Å². The summed E-state index contributed by atoms with van der Waals surface area (Å²) in [6.45, 7) is 0. The van der Waals surface area contributed by atoms with Crippen molar-refractivity contribution in [3.05, 3.63) is 0 Å². The second-order valence-electron chi connectivity index (χ2n) is 0. The maximum atomic E-state index is 0. The molecule has 0 aromatic carbocycles. The molecule has 80 valence electrons. The van der Waals surface area contributed by atoms with E-state index < -0.39 is 0 Å². The van der Waals surface area contributed by atoms with Crippen LogP contribution in [0.25, 0.3) is 0 Å². The van der Waals surface area contributed by atoms with Crippen LogP contribution in [0.4, 0.5) is 0 Å². The van der Waals surface area contributed by atoms with Gasteiger partial charge >= 0.3 is 0 Å². The van der Waals surface area contributed by atoms with E-state index in [1.54, 1.807) is 0 Å². The third-order valence-electron chi connectivity index (χ3n) is 0. The fourth-order valence-corrected chi connectivity index (χ4v) is 0. The second kappa shape index (κ2) is 50.8. The number of rotatable bonds is 0. The van der Waals surface area contributed by atoms with Crippen LogP contribution in [-0.4, -0.2) is 0 Å². The van der Waals surface area contributed by atoms with Gasteiger partial charge in [0.15, 0.2) is 0 Å². The quantitative estimate of drug-likeness (QED) is 0.300. The summed E-state index contributed by atoms with van der Waals surface area (Å²) >= 11 is 0. The van der Waals surface area contributed by atoms with Crippen LogP contribution in [0, 0.1) is 0 Å². The van der Waals surface area contributed by atoms with Gasteiger partial charge in [-0.2, -0.15) is 0 Å². The molecule has 0 bridgehead atoms. The Labute approximate surface area is 184 Å². The minimum atomic E-state index is 0. The van der Waals surface area contributed by atoms with E-state index in [4.69, 9.17) is 0 Å². The van der Waals surface area contributed by atoms with E-state index in [9.17, 15) is 0 Å². The Morgan fingerprint density at radius 3 is 0.250 bits per heavy atom. The fraction of sp³-hybridized carbons (Fsp3) is 0. The molecule has 0 heterocycles. The van der Waals surface area contributed by atoms with Crippen LogP contribution in [0.2, 0.25) is 0 Å². The molecule has 0 atom stereocenters. The van der Waals surface area contributed by atoms with E-state index in [1.807, 2.05) is 0 Å². The van der Waals surface area contributed by atoms with Gasteiger partial charge in [0.25, 0.3) is 0 Å². The molecule has 0 nitrogen and oxygen atoms in total. The Morgan fingerprint density at radius 2 is 0.250 bits per heavy atom. The summed E-state index contributed by atoms with van der Waals surface area (Å²) in [6, 6.07) is 0. The number of hydrogen-bond acceptors (Lipinski definition) is 0. The molecule has 0 saturated heterocycles. The zero-order valence-corrected chi connectivity index (χ0v) is 20.7. The molecule has 8 heavy (non-hydrogen) atoms. The molecule has 0 saturated carbocycles. The van der Waals surface area contributed by atoms with E-state index in [1.165, 1.54) is 0 Å². The Bertz CT molecular complexity index is 4.35. The Hall–Kier alpha value is 6.29. The maximum Gasteiger partial charge on any atom is 0 e. The topological polar surface area (TPSA) is 0 Å². The van der Waals surface area contributed by atoms with Crippen molar-refractivity contribution in [2.75, 3.05) is 0 Å². The molecule has 0 amide bonds. The molecule has 8 heteroatoms. The molecule has 8 radical (unpaired) electrons. The SMILES string of the molecule is [Au].[Au].[Au].[Au].[Au].[Au].[Au].[Y]. The molecule has 0 aliphatic heterocycles. The van der Waals surface area contributed by atoms with Crippen LogP contribution >= 0.6 is 0 Å². The maximum absolute atomic E-state index is 0. The van der Waals surface area contributed by atoms with E-state index in [-0.39, 0.29) is 189 Å². The first-order valence-corrected chi connectivity index (χ1v) is 0. The molecule has 0 aromatic rings. The first-order valence-electron chi connectivity index (χ1n) is 0. The summed E-state index contributed by atoms with van der Waals surface area (Å²) in [6.07, 6.45) is 0. The van der Waals surface area contributed by atoms with Crippen molar-refractivity contribution in [3.63, 3.8) is 0 Å². The number of hydrogen-bond donors (Lipinski definition) is 0. The average Bonchev–Trinajstić information content (AvgIpc) is 0. The summed E-state index contributed by atoms with van der Waals surface area (Å²) in [5.74, 6) is 0. The van der Waals surface area contributed by atoms with Crippen molar-refractivity contribution in [1.29, 1.82) is 0 Å². The Morgan fingerprint density at radius 1 is 0.250 bits per heavy atom. The van der Waals surface area contributed by atoms with E-state index in [0.29, 0.717) is 0 Å². The van der Waals surface area contributed by atoms with Crippen LogP contribution in [0.3, 0.4) is 0 Å². The van der Waals surface area contributed by atoms with E-state index >= 15 is 0 Å². The third-order valence-corrected chi connectivity index (χ3v) is 0.